The topological polar surface area (TPSA) is 253 Å². The van der Waals surface area contributed by atoms with Crippen molar-refractivity contribution in [2.75, 3.05) is 11.5 Å². The quantitative estimate of drug-likeness (QED) is 0.122. The number of H-pyrrole nitrogens is 1. The number of para-hydroxylation sites is 2. The van der Waals surface area contributed by atoms with Crippen LogP contribution in [-0.2, 0) is 13.1 Å². The molecule has 0 bridgehead atoms. The molecule has 13 aromatic rings. The molecule has 0 saturated carbocycles. The summed E-state index contributed by atoms with van der Waals surface area (Å²) in [7, 11) is 0. The van der Waals surface area contributed by atoms with Gasteiger partial charge in [-0.2, -0.15) is 0 Å². The second kappa shape index (κ2) is 15.4. The van der Waals surface area contributed by atoms with Crippen molar-refractivity contribution in [3.63, 3.8) is 0 Å². The van der Waals surface area contributed by atoms with Gasteiger partial charge in [0.15, 0.2) is 0 Å². The second-order valence-corrected chi connectivity index (χ2v) is 16.0. The number of anilines is 2. The zero-order valence-electron chi connectivity index (χ0n) is 35.4. The van der Waals surface area contributed by atoms with Crippen LogP contribution in [0.2, 0.25) is 0 Å². The molecule has 0 atom stereocenters. The first-order chi connectivity index (χ1) is 33.5. The summed E-state index contributed by atoms with van der Waals surface area (Å²) in [5.74, 6) is -2.22. The van der Waals surface area contributed by atoms with Gasteiger partial charge in [-0.3, -0.25) is 4.79 Å². The number of nitrogens with zero attached hydrogens (tertiary/aromatic N) is 7. The maximum atomic E-state index is 15.1. The van der Waals surface area contributed by atoms with Gasteiger partial charge in [-0.25, -0.2) is 43.3 Å². The smallest absolute Gasteiger partial charge is 0.362 e. The first kappa shape index (κ1) is 40.7. The Morgan fingerprint density at radius 3 is 1.87 bits per heavy atom. The number of carbonyl (C=O) groups is 1. The summed E-state index contributed by atoms with van der Waals surface area (Å²) in [5.41, 5.74) is 14.8. The third-order valence-electron chi connectivity index (χ3n) is 12.2. The van der Waals surface area contributed by atoms with E-state index in [1.165, 1.54) is 47.6 Å². The number of benzene rings is 4. The Kier molecular flexibility index (Phi) is 9.09. The molecule has 0 fully saturated rings. The van der Waals surface area contributed by atoms with Gasteiger partial charge in [0.25, 0.3) is 5.56 Å². The molecule has 336 valence electrons. The zero-order chi connectivity index (χ0) is 47.2. The molecule has 69 heavy (non-hydrogen) atoms. The van der Waals surface area contributed by atoms with E-state index in [0.29, 0.717) is 65.8 Å². The molecule has 6 N–H and O–H groups in total. The molecule has 13 rings (SSSR count). The van der Waals surface area contributed by atoms with Gasteiger partial charge < -0.3 is 43.9 Å². The number of halogens is 2. The van der Waals surface area contributed by atoms with Crippen LogP contribution < -0.4 is 22.7 Å². The van der Waals surface area contributed by atoms with Crippen LogP contribution in [0.25, 0.3) is 98.7 Å². The highest BCUT2D eigenvalue weighted by atomic mass is 19.1. The van der Waals surface area contributed by atoms with E-state index in [9.17, 15) is 19.5 Å². The standard InChI is InChI=1S/C25H16FN5O4.C25H14FN5O3/c26-15-10-18-20(22-12(15)7-9-35-22)19(14-5-3-8-28-23(14)32)21(24(33)34)31(18)11-17-13-4-1-2-6-16(13)29-25(27)30-17;26-15-10-18-20(22-12(15)7-9-33-22)19-14-5-3-8-28-23(14)34-24(32)21(19)31(18)11-17-13-4-1-2-6-16(13)29-25(27)30-17/h1-10H,11H2,(H,28,32)(H,33,34)(H2,27,29,30);1-10H,11H2,(H2,27,29,30). The van der Waals surface area contributed by atoms with Crippen LogP contribution in [0.3, 0.4) is 0 Å². The number of nitrogen functional groups attached to an aromatic ring is 2. The average molecular weight is 921 g/mol. The van der Waals surface area contributed by atoms with E-state index in [-0.39, 0.29) is 69.5 Å². The normalized spacial score (nSPS) is 11.8. The maximum Gasteiger partial charge on any atom is 0.362 e. The molecule has 9 aromatic heterocycles. The molecular weight excluding hydrogens is 891 g/mol. The van der Waals surface area contributed by atoms with Crippen LogP contribution in [0.5, 0.6) is 0 Å². The second-order valence-electron chi connectivity index (χ2n) is 16.0. The van der Waals surface area contributed by atoms with E-state index in [1.54, 1.807) is 53.2 Å². The molecule has 19 heteroatoms. The van der Waals surface area contributed by atoms with Crippen LogP contribution in [-0.4, -0.2) is 50.1 Å². The van der Waals surface area contributed by atoms with Gasteiger partial charge in [-0.1, -0.05) is 36.4 Å². The molecular formula is C50H30F2N10O7. The Balaban J connectivity index is 0.000000143. The number of furan rings is 2. The molecule has 4 aromatic carbocycles. The van der Waals surface area contributed by atoms with Gasteiger partial charge in [-0.15, -0.1) is 0 Å². The minimum Gasteiger partial charge on any atom is -0.477 e. The molecule has 0 aliphatic heterocycles. The number of pyridine rings is 2. The SMILES string of the molecule is Nc1nc(Cn2c(C(=O)O)c(-c3ccc[nH]c3=O)c3c4occc4c(F)cc32)c2ccccc2n1.Nc1nc(Cn2c3cc(F)c4ccoc4c3c3c4cccnc4oc(=O)c32)c2ccccc2n1. The Hall–Kier alpha value is -9.78. The summed E-state index contributed by atoms with van der Waals surface area (Å²) < 4.78 is 50.1. The fourth-order valence-corrected chi connectivity index (χ4v) is 9.38. The molecule has 0 saturated heterocycles. The fourth-order valence-electron chi connectivity index (χ4n) is 9.38. The van der Waals surface area contributed by atoms with E-state index >= 15 is 8.78 Å². The fraction of sp³-hybridized carbons (Fsp3) is 0.0400. The van der Waals surface area contributed by atoms with E-state index in [2.05, 4.69) is 29.9 Å². The van der Waals surface area contributed by atoms with Gasteiger partial charge >= 0.3 is 11.6 Å². The van der Waals surface area contributed by atoms with Crippen LogP contribution in [0.1, 0.15) is 21.9 Å². The van der Waals surface area contributed by atoms with Crippen LogP contribution >= 0.6 is 0 Å². The van der Waals surface area contributed by atoms with Gasteiger partial charge in [0.2, 0.25) is 17.6 Å². The van der Waals surface area contributed by atoms with Crippen molar-refractivity contribution >= 4 is 105 Å². The molecule has 0 aliphatic carbocycles. The summed E-state index contributed by atoms with van der Waals surface area (Å²) in [5, 5.41) is 14.4. The lowest BCUT2D eigenvalue weighted by Crippen LogP contribution is -2.14. The summed E-state index contributed by atoms with van der Waals surface area (Å²) >= 11 is 0. The van der Waals surface area contributed by atoms with Gasteiger partial charge in [0.05, 0.1) is 86.2 Å². The summed E-state index contributed by atoms with van der Waals surface area (Å²) in [6.07, 6.45) is 5.75. The third-order valence-corrected chi connectivity index (χ3v) is 12.2. The number of aromatic carboxylic acids is 1. The van der Waals surface area contributed by atoms with Crippen LogP contribution in [0.4, 0.5) is 20.7 Å². The largest absolute Gasteiger partial charge is 0.477 e. The lowest BCUT2D eigenvalue weighted by atomic mass is 10.0. The van der Waals surface area contributed by atoms with Crippen molar-refractivity contribution in [1.82, 2.24) is 39.0 Å². The predicted molar refractivity (Wildman–Crippen MR) is 254 cm³/mol. The average Bonchev–Trinajstić information content (AvgIpc) is 4.15. The number of rotatable bonds is 6. The number of nitrogens with two attached hydrogens (primary N) is 2. The minimum atomic E-state index is -1.30. The van der Waals surface area contributed by atoms with Crippen molar-refractivity contribution in [3.05, 3.63) is 171 Å². The molecule has 17 nitrogen and oxygen atoms in total. The zero-order valence-corrected chi connectivity index (χ0v) is 35.4. The Morgan fingerprint density at radius 1 is 0.667 bits per heavy atom. The predicted octanol–water partition coefficient (Wildman–Crippen LogP) is 8.91. The molecule has 0 spiro atoms. The number of nitrogens with one attached hydrogen (secondary N) is 1. The Bertz CT molecular complexity index is 4440. The Morgan fingerprint density at radius 2 is 1.25 bits per heavy atom. The summed E-state index contributed by atoms with van der Waals surface area (Å²) in [6.45, 7) is 0.0666. The number of hydrogen-bond donors (Lipinski definition) is 4. The molecule has 0 radical (unpaired) electrons. The van der Waals surface area contributed by atoms with Crippen molar-refractivity contribution in [3.8, 4) is 11.1 Å². The number of aromatic nitrogens is 8. The molecule has 0 unspecified atom stereocenters. The first-order valence-corrected chi connectivity index (χ1v) is 21.1. The third kappa shape index (κ3) is 6.35. The lowest BCUT2D eigenvalue weighted by molar-refractivity contribution is 0.0687. The van der Waals surface area contributed by atoms with Crippen molar-refractivity contribution in [1.29, 1.82) is 0 Å². The highest BCUT2D eigenvalue weighted by Gasteiger charge is 2.30. The van der Waals surface area contributed by atoms with Crippen molar-refractivity contribution in [2.45, 2.75) is 13.1 Å². The number of carboxylic acid groups (broad SMARTS) is 1. The van der Waals surface area contributed by atoms with Crippen LogP contribution in [0.15, 0.2) is 145 Å². The van der Waals surface area contributed by atoms with Crippen molar-refractivity contribution < 1.29 is 31.9 Å². The number of hydrogen-bond acceptors (Lipinski definition) is 13. The highest BCUT2D eigenvalue weighted by molar-refractivity contribution is 6.25. The Labute approximate surface area is 382 Å². The monoisotopic (exact) mass is 920 g/mol. The molecule has 0 aliphatic rings. The maximum absolute atomic E-state index is 15.1. The highest BCUT2D eigenvalue weighted by Crippen LogP contribution is 2.42. The van der Waals surface area contributed by atoms with E-state index in [1.807, 2.05) is 30.3 Å². The van der Waals surface area contributed by atoms with E-state index in [0.717, 1.165) is 5.39 Å². The van der Waals surface area contributed by atoms with Crippen LogP contribution in [0, 0.1) is 11.6 Å². The van der Waals surface area contributed by atoms with E-state index in [4.69, 9.17) is 24.7 Å². The van der Waals surface area contributed by atoms with Gasteiger partial charge in [0, 0.05) is 39.5 Å². The summed E-state index contributed by atoms with van der Waals surface area (Å²) in [4.78, 5) is 62.8. The number of aromatic amines is 1. The van der Waals surface area contributed by atoms with Gasteiger partial charge in [0.1, 0.15) is 34.0 Å². The number of fused-ring (bicyclic) bond motifs is 12. The summed E-state index contributed by atoms with van der Waals surface area (Å²) in [6, 6.07) is 27.0. The van der Waals surface area contributed by atoms with Gasteiger partial charge in [-0.05, 0) is 60.7 Å². The minimum absolute atomic E-state index is 0.0198. The molecule has 9 heterocycles. The van der Waals surface area contributed by atoms with Crippen molar-refractivity contribution in [2.24, 2.45) is 0 Å². The molecule has 0 amide bonds. The lowest BCUT2D eigenvalue weighted by Gasteiger charge is -2.11. The first-order valence-electron chi connectivity index (χ1n) is 21.1. The van der Waals surface area contributed by atoms with E-state index < -0.39 is 28.8 Å². The number of carboxylic acids is 1.